The lowest BCUT2D eigenvalue weighted by atomic mass is 9.81. The number of likely N-dealkylation sites (tertiary alicyclic amines) is 1. The van der Waals surface area contributed by atoms with Crippen molar-refractivity contribution in [2.24, 2.45) is 11.3 Å². The third-order valence-corrected chi connectivity index (χ3v) is 5.77. The van der Waals surface area contributed by atoms with Gasteiger partial charge in [0, 0.05) is 38.6 Å². The Balaban J connectivity index is 1.48. The normalized spacial score (nSPS) is 24.6. The molecule has 1 atom stereocenters. The van der Waals surface area contributed by atoms with Crippen molar-refractivity contribution in [3.63, 3.8) is 0 Å². The van der Waals surface area contributed by atoms with Crippen molar-refractivity contribution >= 4 is 5.78 Å². The molecule has 1 unspecified atom stereocenters. The third-order valence-electron chi connectivity index (χ3n) is 5.77. The van der Waals surface area contributed by atoms with Gasteiger partial charge in [-0.1, -0.05) is 37.3 Å². The summed E-state index contributed by atoms with van der Waals surface area (Å²) in [7, 11) is 0. The number of piperidine rings is 1. The number of nitrogens with zero attached hydrogens (tertiary/aromatic N) is 1. The van der Waals surface area contributed by atoms with Crippen LogP contribution in [-0.2, 0) is 16.0 Å². The smallest absolute Gasteiger partial charge is 0.137 e. The van der Waals surface area contributed by atoms with E-state index in [1.807, 2.05) is 6.07 Å². The van der Waals surface area contributed by atoms with Gasteiger partial charge >= 0.3 is 0 Å². The predicted octanol–water partition coefficient (Wildman–Crippen LogP) is 3.72. The molecule has 3 heteroatoms. The molecule has 3 nitrogen and oxygen atoms in total. The van der Waals surface area contributed by atoms with E-state index in [0.29, 0.717) is 17.6 Å². The fraction of sp³-hybridized carbons (Fsp3) is 0.667. The number of ketones is 1. The van der Waals surface area contributed by atoms with E-state index in [2.05, 4.69) is 36.1 Å². The number of carbonyl (C=O) groups excluding carboxylic acids is 1. The molecule has 0 amide bonds. The van der Waals surface area contributed by atoms with Crippen LogP contribution in [0.3, 0.4) is 0 Å². The first-order chi connectivity index (χ1) is 11.6. The molecular weight excluding hydrogens is 298 g/mol. The highest BCUT2D eigenvalue weighted by molar-refractivity contribution is 5.81. The molecule has 2 aliphatic rings. The first kappa shape index (κ1) is 17.6. The molecule has 0 saturated carbocycles. The van der Waals surface area contributed by atoms with Crippen molar-refractivity contribution in [3.05, 3.63) is 35.9 Å². The van der Waals surface area contributed by atoms with Gasteiger partial charge in [-0.3, -0.25) is 4.79 Å². The molecule has 2 fully saturated rings. The summed E-state index contributed by atoms with van der Waals surface area (Å²) < 4.78 is 5.51. The molecule has 1 aromatic carbocycles. The predicted molar refractivity (Wildman–Crippen MR) is 97.1 cm³/mol. The molecule has 2 aliphatic heterocycles. The highest BCUT2D eigenvalue weighted by Gasteiger charge is 2.33. The van der Waals surface area contributed by atoms with E-state index in [9.17, 15) is 4.79 Å². The first-order valence-electron chi connectivity index (χ1n) is 9.51. The second-order valence-corrected chi connectivity index (χ2v) is 7.95. The highest BCUT2D eigenvalue weighted by atomic mass is 16.5. The number of ether oxygens (including phenoxy) is 1. The van der Waals surface area contributed by atoms with E-state index >= 15 is 0 Å². The van der Waals surface area contributed by atoms with Gasteiger partial charge in [0.05, 0.1) is 0 Å². The Labute approximate surface area is 146 Å². The highest BCUT2D eigenvalue weighted by Crippen LogP contribution is 2.32. The molecule has 0 aliphatic carbocycles. The number of carbonyl (C=O) groups is 1. The Kier molecular flexibility index (Phi) is 6.07. The van der Waals surface area contributed by atoms with Crippen molar-refractivity contribution in [1.82, 2.24) is 4.90 Å². The van der Waals surface area contributed by atoms with Gasteiger partial charge in [-0.25, -0.2) is 0 Å². The van der Waals surface area contributed by atoms with E-state index in [-0.39, 0.29) is 5.92 Å². The molecular formula is C21H31NO2. The van der Waals surface area contributed by atoms with Crippen LogP contribution in [0.4, 0.5) is 0 Å². The molecule has 0 aromatic heterocycles. The van der Waals surface area contributed by atoms with Gasteiger partial charge in [0.1, 0.15) is 5.78 Å². The zero-order valence-corrected chi connectivity index (χ0v) is 15.0. The minimum absolute atomic E-state index is 0.242. The zero-order chi connectivity index (χ0) is 16.8. The summed E-state index contributed by atoms with van der Waals surface area (Å²) in [5.74, 6) is 0.701. The van der Waals surface area contributed by atoms with E-state index < -0.39 is 0 Å². The van der Waals surface area contributed by atoms with Crippen LogP contribution >= 0.6 is 0 Å². The number of benzene rings is 1. The summed E-state index contributed by atoms with van der Waals surface area (Å²) in [5.41, 5.74) is 1.64. The maximum Gasteiger partial charge on any atom is 0.137 e. The van der Waals surface area contributed by atoms with Crippen molar-refractivity contribution in [2.45, 2.75) is 45.4 Å². The van der Waals surface area contributed by atoms with Gasteiger partial charge in [0.15, 0.2) is 0 Å². The summed E-state index contributed by atoms with van der Waals surface area (Å²) in [4.78, 5) is 15.2. The van der Waals surface area contributed by atoms with Crippen molar-refractivity contribution in [1.29, 1.82) is 0 Å². The van der Waals surface area contributed by atoms with Crippen LogP contribution in [0.5, 0.6) is 0 Å². The van der Waals surface area contributed by atoms with Gasteiger partial charge in [-0.15, -0.1) is 0 Å². The van der Waals surface area contributed by atoms with E-state index in [1.165, 1.54) is 5.56 Å². The molecule has 132 valence electrons. The summed E-state index contributed by atoms with van der Waals surface area (Å²) >= 11 is 0. The summed E-state index contributed by atoms with van der Waals surface area (Å²) in [6, 6.07) is 10.4. The van der Waals surface area contributed by atoms with Crippen molar-refractivity contribution < 1.29 is 9.53 Å². The second-order valence-electron chi connectivity index (χ2n) is 7.95. The lowest BCUT2D eigenvalue weighted by Crippen LogP contribution is -2.45. The monoisotopic (exact) mass is 329 g/mol. The Bertz CT molecular complexity index is 522. The molecule has 3 rings (SSSR count). The van der Waals surface area contributed by atoms with E-state index in [4.69, 9.17) is 4.74 Å². The van der Waals surface area contributed by atoms with Gasteiger partial charge in [0.2, 0.25) is 0 Å². The summed E-state index contributed by atoms with van der Waals surface area (Å²) in [6.45, 7) is 7.41. The van der Waals surface area contributed by atoms with Crippen molar-refractivity contribution in [2.75, 3.05) is 32.8 Å². The van der Waals surface area contributed by atoms with Crippen LogP contribution in [0.2, 0.25) is 0 Å². The quantitative estimate of drug-likeness (QED) is 0.797. The zero-order valence-electron chi connectivity index (χ0n) is 15.0. The van der Waals surface area contributed by atoms with E-state index in [0.717, 1.165) is 65.0 Å². The van der Waals surface area contributed by atoms with Crippen LogP contribution in [0.1, 0.15) is 44.6 Å². The van der Waals surface area contributed by atoms with Crippen LogP contribution in [0.25, 0.3) is 0 Å². The van der Waals surface area contributed by atoms with Gasteiger partial charge in [-0.05, 0) is 49.6 Å². The number of hydrogen-bond acceptors (Lipinski definition) is 3. The minimum Gasteiger partial charge on any atom is -0.381 e. The Morgan fingerprint density at radius 2 is 2.00 bits per heavy atom. The molecule has 0 N–H and O–H groups in total. The van der Waals surface area contributed by atoms with E-state index in [1.54, 1.807) is 0 Å². The van der Waals surface area contributed by atoms with Gasteiger partial charge in [0.25, 0.3) is 0 Å². The van der Waals surface area contributed by atoms with Crippen LogP contribution in [0, 0.1) is 11.3 Å². The molecule has 1 aromatic rings. The first-order valence-corrected chi connectivity index (χ1v) is 9.51. The van der Waals surface area contributed by atoms with Crippen molar-refractivity contribution in [3.8, 4) is 0 Å². The largest absolute Gasteiger partial charge is 0.381 e. The maximum atomic E-state index is 12.6. The molecule has 2 saturated heterocycles. The molecule has 0 radical (unpaired) electrons. The number of hydrogen-bond donors (Lipinski definition) is 0. The summed E-state index contributed by atoms with van der Waals surface area (Å²) in [6.07, 6.45) is 6.10. The average molecular weight is 329 g/mol. The SMILES string of the molecule is CC1(CN2CCCC(C(=O)CCc3ccccc3)C2)CCOCC1. The Hall–Kier alpha value is -1.19. The lowest BCUT2D eigenvalue weighted by Gasteiger charge is -2.41. The van der Waals surface area contributed by atoms with Gasteiger partial charge in [-0.2, -0.15) is 0 Å². The number of rotatable bonds is 6. The lowest BCUT2D eigenvalue weighted by molar-refractivity contribution is -0.124. The fourth-order valence-electron chi connectivity index (χ4n) is 4.14. The summed E-state index contributed by atoms with van der Waals surface area (Å²) in [5, 5.41) is 0. The van der Waals surface area contributed by atoms with Crippen LogP contribution < -0.4 is 0 Å². The standard InChI is InChI=1S/C21H31NO2/c1-21(11-14-24-15-12-21)17-22-13-5-8-19(16-22)20(23)10-9-18-6-3-2-4-7-18/h2-4,6-7,19H,5,8-17H2,1H3. The fourth-order valence-corrected chi connectivity index (χ4v) is 4.14. The molecule has 0 bridgehead atoms. The molecule has 24 heavy (non-hydrogen) atoms. The maximum absolute atomic E-state index is 12.6. The molecule has 2 heterocycles. The Morgan fingerprint density at radius 3 is 2.75 bits per heavy atom. The van der Waals surface area contributed by atoms with Crippen LogP contribution in [0.15, 0.2) is 30.3 Å². The van der Waals surface area contributed by atoms with Crippen LogP contribution in [-0.4, -0.2) is 43.5 Å². The average Bonchev–Trinajstić information content (AvgIpc) is 2.61. The topological polar surface area (TPSA) is 29.5 Å². The number of aryl methyl sites for hydroxylation is 1. The van der Waals surface area contributed by atoms with Gasteiger partial charge < -0.3 is 9.64 Å². The second kappa shape index (κ2) is 8.26. The number of Topliss-reactive ketones (excluding diaryl/α,β-unsaturated/α-hetero) is 1. The Morgan fingerprint density at radius 1 is 1.25 bits per heavy atom. The molecule has 0 spiro atoms. The minimum atomic E-state index is 0.242. The third kappa shape index (κ3) is 4.90.